The second-order valence-corrected chi connectivity index (χ2v) is 4.83. The summed E-state index contributed by atoms with van der Waals surface area (Å²) in [5.74, 6) is 1.63. The molecular weight excluding hydrogens is 291 g/mol. The van der Waals surface area contributed by atoms with Crippen LogP contribution in [0.25, 0.3) is 0 Å². The Morgan fingerprint density at radius 1 is 1.36 bits per heavy atom. The normalized spacial score (nSPS) is 12.3. The van der Waals surface area contributed by atoms with Crippen molar-refractivity contribution in [3.63, 3.8) is 0 Å². The molecule has 0 amide bonds. The lowest BCUT2D eigenvalue weighted by Gasteiger charge is -2.11. The van der Waals surface area contributed by atoms with E-state index in [1.165, 1.54) is 5.56 Å². The van der Waals surface area contributed by atoms with Crippen LogP contribution in [0.5, 0.6) is 11.5 Å². The summed E-state index contributed by atoms with van der Waals surface area (Å²) in [7, 11) is 1.66. The molecule has 0 N–H and O–H groups in total. The van der Waals surface area contributed by atoms with Gasteiger partial charge in [0.05, 0.1) is 13.7 Å². The molecule has 1 unspecified atom stereocenters. The van der Waals surface area contributed by atoms with Crippen molar-refractivity contribution < 1.29 is 9.47 Å². The van der Waals surface area contributed by atoms with Crippen LogP contribution in [0.4, 0.5) is 0 Å². The van der Waals surface area contributed by atoms with Crippen molar-refractivity contribution in [1.82, 2.24) is 0 Å². The molecule has 0 aromatic heterocycles. The van der Waals surface area contributed by atoms with Gasteiger partial charge in [-0.05, 0) is 31.5 Å². The quantitative estimate of drug-likeness (QED) is 0.625. The van der Waals surface area contributed by atoms with Gasteiger partial charge in [-0.2, -0.15) is 0 Å². The van der Waals surface area contributed by atoms with Gasteiger partial charge in [-0.1, -0.05) is 28.7 Å². The highest BCUT2D eigenvalue weighted by atomic mass is 127. The molecule has 1 atom stereocenters. The van der Waals surface area contributed by atoms with E-state index in [4.69, 9.17) is 9.47 Å². The van der Waals surface area contributed by atoms with Crippen molar-refractivity contribution >= 4 is 22.6 Å². The number of hydrogen-bond acceptors (Lipinski definition) is 2. The minimum Gasteiger partial charge on any atom is -0.493 e. The Hall–Kier alpha value is -0.450. The summed E-state index contributed by atoms with van der Waals surface area (Å²) in [6.45, 7) is 4.78. The van der Waals surface area contributed by atoms with Crippen LogP contribution in [0, 0.1) is 0 Å². The SMILES string of the molecule is CCOc1cc(C(C)I)ccc1OC. The third-order valence-corrected chi connectivity index (χ3v) is 2.67. The van der Waals surface area contributed by atoms with Crippen LogP contribution in [-0.4, -0.2) is 13.7 Å². The average molecular weight is 306 g/mol. The molecular formula is C11H15IO2. The van der Waals surface area contributed by atoms with E-state index in [2.05, 4.69) is 35.6 Å². The van der Waals surface area contributed by atoms with Crippen molar-refractivity contribution in [2.24, 2.45) is 0 Å². The monoisotopic (exact) mass is 306 g/mol. The Kier molecular flexibility index (Phi) is 4.51. The van der Waals surface area contributed by atoms with Crippen molar-refractivity contribution in [3.8, 4) is 11.5 Å². The van der Waals surface area contributed by atoms with Crippen LogP contribution in [0.1, 0.15) is 23.3 Å². The van der Waals surface area contributed by atoms with Gasteiger partial charge in [-0.3, -0.25) is 0 Å². The van der Waals surface area contributed by atoms with Gasteiger partial charge in [0.25, 0.3) is 0 Å². The minimum absolute atomic E-state index is 0.484. The second kappa shape index (κ2) is 5.44. The van der Waals surface area contributed by atoms with Crippen molar-refractivity contribution in [2.75, 3.05) is 13.7 Å². The number of ether oxygens (including phenoxy) is 2. The largest absolute Gasteiger partial charge is 0.493 e. The standard InChI is InChI=1S/C11H15IO2/c1-4-14-11-7-9(8(2)12)5-6-10(11)13-3/h5-8H,4H2,1-3H3. The van der Waals surface area contributed by atoms with E-state index in [0.29, 0.717) is 10.5 Å². The molecule has 2 nitrogen and oxygen atoms in total. The molecule has 14 heavy (non-hydrogen) atoms. The molecule has 0 fully saturated rings. The van der Waals surface area contributed by atoms with Crippen LogP contribution in [0.15, 0.2) is 18.2 Å². The first-order valence-electron chi connectivity index (χ1n) is 4.63. The fourth-order valence-electron chi connectivity index (χ4n) is 1.21. The van der Waals surface area contributed by atoms with Gasteiger partial charge in [0.2, 0.25) is 0 Å². The number of methoxy groups -OCH3 is 1. The Bertz CT molecular complexity index is 297. The van der Waals surface area contributed by atoms with Crippen LogP contribution in [0.2, 0.25) is 0 Å². The highest BCUT2D eigenvalue weighted by molar-refractivity contribution is 14.1. The molecule has 0 aliphatic carbocycles. The summed E-state index contributed by atoms with van der Waals surface area (Å²) in [6, 6.07) is 6.06. The summed E-state index contributed by atoms with van der Waals surface area (Å²) in [6.07, 6.45) is 0. The van der Waals surface area contributed by atoms with Crippen molar-refractivity contribution in [2.45, 2.75) is 17.8 Å². The van der Waals surface area contributed by atoms with Crippen LogP contribution < -0.4 is 9.47 Å². The van der Waals surface area contributed by atoms with E-state index in [0.717, 1.165) is 11.5 Å². The van der Waals surface area contributed by atoms with Crippen molar-refractivity contribution in [1.29, 1.82) is 0 Å². The lowest BCUT2D eigenvalue weighted by atomic mass is 10.1. The van der Waals surface area contributed by atoms with Crippen molar-refractivity contribution in [3.05, 3.63) is 23.8 Å². The predicted octanol–water partition coefficient (Wildman–Crippen LogP) is 3.59. The second-order valence-electron chi connectivity index (χ2n) is 2.96. The van der Waals surface area contributed by atoms with E-state index in [1.54, 1.807) is 7.11 Å². The first kappa shape index (κ1) is 11.6. The van der Waals surface area contributed by atoms with E-state index in [1.807, 2.05) is 19.1 Å². The highest BCUT2D eigenvalue weighted by Gasteiger charge is 2.07. The zero-order valence-corrected chi connectivity index (χ0v) is 10.9. The number of halogens is 1. The maximum atomic E-state index is 5.49. The predicted molar refractivity (Wildman–Crippen MR) is 66.6 cm³/mol. The molecule has 0 radical (unpaired) electrons. The number of hydrogen-bond donors (Lipinski definition) is 0. The molecule has 78 valence electrons. The minimum atomic E-state index is 0.484. The first-order chi connectivity index (χ1) is 6.69. The number of benzene rings is 1. The molecule has 1 rings (SSSR count). The molecule has 1 aromatic carbocycles. The zero-order chi connectivity index (χ0) is 10.6. The molecule has 0 saturated carbocycles. The Balaban J connectivity index is 3.01. The lowest BCUT2D eigenvalue weighted by molar-refractivity contribution is 0.310. The summed E-state index contributed by atoms with van der Waals surface area (Å²) >= 11 is 2.38. The summed E-state index contributed by atoms with van der Waals surface area (Å²) in [4.78, 5) is 0. The van der Waals surface area contributed by atoms with Gasteiger partial charge in [-0.15, -0.1) is 0 Å². The van der Waals surface area contributed by atoms with Gasteiger partial charge in [0.15, 0.2) is 11.5 Å². The molecule has 0 bridgehead atoms. The van der Waals surface area contributed by atoms with Crippen LogP contribution in [0.3, 0.4) is 0 Å². The van der Waals surface area contributed by atoms with Crippen LogP contribution in [-0.2, 0) is 0 Å². The van der Waals surface area contributed by atoms with Gasteiger partial charge in [-0.25, -0.2) is 0 Å². The topological polar surface area (TPSA) is 18.5 Å². The average Bonchev–Trinajstić information content (AvgIpc) is 2.18. The van der Waals surface area contributed by atoms with E-state index in [9.17, 15) is 0 Å². The highest BCUT2D eigenvalue weighted by Crippen LogP contribution is 2.32. The van der Waals surface area contributed by atoms with E-state index < -0.39 is 0 Å². The Labute approximate surface area is 98.7 Å². The Morgan fingerprint density at radius 2 is 2.07 bits per heavy atom. The molecule has 0 aliphatic heterocycles. The summed E-state index contributed by atoms with van der Waals surface area (Å²) < 4.78 is 11.2. The lowest BCUT2D eigenvalue weighted by Crippen LogP contribution is -1.96. The van der Waals surface area contributed by atoms with Gasteiger partial charge >= 0.3 is 0 Å². The van der Waals surface area contributed by atoms with E-state index in [-0.39, 0.29) is 0 Å². The van der Waals surface area contributed by atoms with E-state index >= 15 is 0 Å². The fraction of sp³-hybridized carbons (Fsp3) is 0.455. The maximum absolute atomic E-state index is 5.49. The maximum Gasteiger partial charge on any atom is 0.161 e. The molecule has 3 heteroatoms. The number of rotatable bonds is 4. The summed E-state index contributed by atoms with van der Waals surface area (Å²) in [5, 5.41) is 0. The Morgan fingerprint density at radius 3 is 2.57 bits per heavy atom. The van der Waals surface area contributed by atoms with Crippen LogP contribution >= 0.6 is 22.6 Å². The zero-order valence-electron chi connectivity index (χ0n) is 8.71. The first-order valence-corrected chi connectivity index (χ1v) is 5.88. The molecule has 0 aliphatic rings. The van der Waals surface area contributed by atoms with Gasteiger partial charge in [0.1, 0.15) is 0 Å². The van der Waals surface area contributed by atoms with Gasteiger partial charge < -0.3 is 9.47 Å². The molecule has 1 aromatic rings. The summed E-state index contributed by atoms with van der Waals surface area (Å²) in [5.41, 5.74) is 1.26. The molecule has 0 spiro atoms. The fourth-order valence-corrected chi connectivity index (χ4v) is 1.60. The third kappa shape index (κ3) is 2.77. The third-order valence-electron chi connectivity index (χ3n) is 1.95. The molecule has 0 heterocycles. The smallest absolute Gasteiger partial charge is 0.161 e. The number of alkyl halides is 1. The van der Waals surface area contributed by atoms with Gasteiger partial charge in [0, 0.05) is 3.92 Å². The molecule has 0 saturated heterocycles.